The summed E-state index contributed by atoms with van der Waals surface area (Å²) in [6.07, 6.45) is 0.857. The maximum Gasteiger partial charge on any atom is 0.348 e. The van der Waals surface area contributed by atoms with Gasteiger partial charge >= 0.3 is 5.97 Å². The molecule has 0 unspecified atom stereocenters. The number of amides is 1. The van der Waals surface area contributed by atoms with Gasteiger partial charge in [0.05, 0.1) is 0 Å². The molecule has 0 aliphatic rings. The van der Waals surface area contributed by atoms with Crippen LogP contribution in [0.15, 0.2) is 29.2 Å². The third-order valence-electron chi connectivity index (χ3n) is 3.57. The summed E-state index contributed by atoms with van der Waals surface area (Å²) >= 11 is 2.43. The summed E-state index contributed by atoms with van der Waals surface area (Å²) in [6, 6.07) is 7.11. The summed E-state index contributed by atoms with van der Waals surface area (Å²) in [6.45, 7) is 5.49. The number of thiophene rings is 1. The highest BCUT2D eigenvalue weighted by molar-refractivity contribution is 8.03. The molecule has 7 heteroatoms. The molecule has 1 amide bonds. The fourth-order valence-electron chi connectivity index (χ4n) is 2.25. The fraction of sp³-hybridized carbons (Fsp3) is 0.278. The molecule has 2 aromatic rings. The highest BCUT2D eigenvalue weighted by Crippen LogP contribution is 2.24. The van der Waals surface area contributed by atoms with Crippen LogP contribution in [0.2, 0.25) is 0 Å². The van der Waals surface area contributed by atoms with E-state index in [9.17, 15) is 9.59 Å². The van der Waals surface area contributed by atoms with Gasteiger partial charge in [0.15, 0.2) is 6.61 Å². The van der Waals surface area contributed by atoms with Crippen molar-refractivity contribution in [2.75, 3.05) is 11.9 Å². The van der Waals surface area contributed by atoms with Gasteiger partial charge in [-0.25, -0.2) is 4.79 Å². The van der Waals surface area contributed by atoms with Crippen LogP contribution in [0.4, 0.5) is 5.69 Å². The van der Waals surface area contributed by atoms with Gasteiger partial charge in [-0.1, -0.05) is 6.92 Å². The van der Waals surface area contributed by atoms with Crippen LogP contribution in [0.3, 0.4) is 0 Å². The number of nitrogens with one attached hydrogen (secondary N) is 1. The number of anilines is 1. The van der Waals surface area contributed by atoms with Crippen LogP contribution >= 0.6 is 23.1 Å². The normalized spacial score (nSPS) is 10.2. The average Bonchev–Trinajstić information content (AvgIpc) is 2.96. The van der Waals surface area contributed by atoms with Crippen LogP contribution in [0.25, 0.3) is 0 Å². The summed E-state index contributed by atoms with van der Waals surface area (Å²) < 4.78 is 5.09. The molecule has 0 fully saturated rings. The number of nitrogens with zero attached hydrogens (tertiary/aromatic N) is 1. The molecule has 0 aliphatic carbocycles. The standard InChI is InChI=1S/C18H18N2O3S2/c1-4-13-8-16(25-12(13)3)18(22)23-9-17(21)20-15-6-5-14(24-10-19)7-11(15)2/h5-8H,4,9H2,1-3H3,(H,20,21). The molecular weight excluding hydrogens is 356 g/mol. The van der Waals surface area contributed by atoms with Gasteiger partial charge in [0.2, 0.25) is 0 Å². The predicted octanol–water partition coefficient (Wildman–Crippen LogP) is 4.30. The molecule has 0 radical (unpaired) electrons. The Morgan fingerprint density at radius 1 is 1.32 bits per heavy atom. The van der Waals surface area contributed by atoms with Crippen molar-refractivity contribution in [3.8, 4) is 5.40 Å². The molecule has 0 aliphatic heterocycles. The van der Waals surface area contributed by atoms with E-state index in [0.717, 1.165) is 39.1 Å². The minimum absolute atomic E-state index is 0.342. The van der Waals surface area contributed by atoms with Gasteiger partial charge in [-0.15, -0.1) is 11.3 Å². The first kappa shape index (κ1) is 19.0. The zero-order valence-corrected chi connectivity index (χ0v) is 15.8. The minimum Gasteiger partial charge on any atom is -0.451 e. The van der Waals surface area contributed by atoms with E-state index in [1.807, 2.05) is 38.3 Å². The SMILES string of the molecule is CCc1cc(C(=O)OCC(=O)Nc2ccc(SC#N)cc2C)sc1C. The molecule has 5 nitrogen and oxygen atoms in total. The van der Waals surface area contributed by atoms with Crippen molar-refractivity contribution in [1.82, 2.24) is 0 Å². The van der Waals surface area contributed by atoms with Crippen molar-refractivity contribution >= 4 is 40.7 Å². The number of hydrogen-bond donors (Lipinski definition) is 1. The number of thiocyanates is 1. The summed E-state index contributed by atoms with van der Waals surface area (Å²) in [4.78, 5) is 26.4. The van der Waals surface area contributed by atoms with Crippen LogP contribution in [-0.2, 0) is 16.0 Å². The second kappa shape index (κ2) is 8.70. The number of thioether (sulfide) groups is 1. The summed E-state index contributed by atoms with van der Waals surface area (Å²) in [5.41, 5.74) is 2.58. The minimum atomic E-state index is -0.486. The third-order valence-corrected chi connectivity index (χ3v) is 5.23. The Morgan fingerprint density at radius 3 is 2.68 bits per heavy atom. The van der Waals surface area contributed by atoms with E-state index < -0.39 is 11.9 Å². The van der Waals surface area contributed by atoms with E-state index in [4.69, 9.17) is 10.00 Å². The third kappa shape index (κ3) is 5.08. The van der Waals surface area contributed by atoms with Gasteiger partial charge in [0.25, 0.3) is 5.91 Å². The zero-order chi connectivity index (χ0) is 18.4. The molecular formula is C18H18N2O3S2. The van der Waals surface area contributed by atoms with Crippen molar-refractivity contribution in [3.05, 3.63) is 45.1 Å². The smallest absolute Gasteiger partial charge is 0.348 e. The Bertz CT molecular complexity index is 837. The van der Waals surface area contributed by atoms with Crippen molar-refractivity contribution in [3.63, 3.8) is 0 Å². The molecule has 1 aromatic carbocycles. The lowest BCUT2D eigenvalue weighted by Gasteiger charge is -2.09. The second-order valence-electron chi connectivity index (χ2n) is 5.34. The van der Waals surface area contributed by atoms with E-state index in [1.54, 1.807) is 12.1 Å². The zero-order valence-electron chi connectivity index (χ0n) is 14.2. The van der Waals surface area contributed by atoms with E-state index >= 15 is 0 Å². The number of benzene rings is 1. The van der Waals surface area contributed by atoms with Gasteiger partial charge in [-0.3, -0.25) is 4.79 Å². The maximum absolute atomic E-state index is 12.0. The molecule has 25 heavy (non-hydrogen) atoms. The molecule has 1 heterocycles. The van der Waals surface area contributed by atoms with Gasteiger partial charge in [-0.05, 0) is 67.4 Å². The summed E-state index contributed by atoms with van der Waals surface area (Å²) in [7, 11) is 0. The van der Waals surface area contributed by atoms with Gasteiger partial charge in [-0.2, -0.15) is 5.26 Å². The quantitative estimate of drug-likeness (QED) is 0.463. The molecule has 2 rings (SSSR count). The Labute approximate surface area is 155 Å². The maximum atomic E-state index is 12.0. The molecule has 1 N–H and O–H groups in total. The van der Waals surface area contributed by atoms with Crippen LogP contribution in [0, 0.1) is 24.5 Å². The number of carbonyl (C=O) groups is 2. The number of rotatable bonds is 6. The summed E-state index contributed by atoms with van der Waals surface area (Å²) in [5.74, 6) is -0.887. The Morgan fingerprint density at radius 2 is 2.08 bits per heavy atom. The second-order valence-corrected chi connectivity index (χ2v) is 7.45. The van der Waals surface area contributed by atoms with Crippen LogP contribution in [0.5, 0.6) is 0 Å². The van der Waals surface area contributed by atoms with E-state index in [2.05, 4.69) is 5.32 Å². The molecule has 0 spiro atoms. The topological polar surface area (TPSA) is 79.2 Å². The van der Waals surface area contributed by atoms with E-state index in [0.29, 0.717) is 10.6 Å². The average molecular weight is 374 g/mol. The monoisotopic (exact) mass is 374 g/mol. The van der Waals surface area contributed by atoms with E-state index in [-0.39, 0.29) is 6.61 Å². The first-order valence-electron chi connectivity index (χ1n) is 7.67. The fourth-order valence-corrected chi connectivity index (χ4v) is 3.74. The van der Waals surface area contributed by atoms with Crippen molar-refractivity contribution in [2.24, 2.45) is 0 Å². The van der Waals surface area contributed by atoms with Gasteiger partial charge in [0, 0.05) is 15.5 Å². The van der Waals surface area contributed by atoms with Crippen molar-refractivity contribution < 1.29 is 14.3 Å². The molecule has 130 valence electrons. The molecule has 0 saturated heterocycles. The van der Waals surface area contributed by atoms with Crippen LogP contribution in [-0.4, -0.2) is 18.5 Å². The summed E-state index contributed by atoms with van der Waals surface area (Å²) in [5, 5.41) is 13.4. The lowest BCUT2D eigenvalue weighted by Crippen LogP contribution is -2.21. The first-order valence-corrected chi connectivity index (χ1v) is 9.30. The number of esters is 1. The lowest BCUT2D eigenvalue weighted by atomic mass is 10.2. The molecule has 0 saturated carbocycles. The van der Waals surface area contributed by atoms with E-state index in [1.165, 1.54) is 11.3 Å². The number of nitriles is 1. The number of aryl methyl sites for hydroxylation is 3. The Balaban J connectivity index is 1.92. The first-order chi connectivity index (χ1) is 11.9. The van der Waals surface area contributed by atoms with Crippen LogP contribution in [0.1, 0.15) is 32.6 Å². The van der Waals surface area contributed by atoms with Crippen LogP contribution < -0.4 is 5.32 Å². The Hall–Kier alpha value is -2.30. The molecule has 1 aromatic heterocycles. The number of carbonyl (C=O) groups excluding carboxylic acids is 2. The Kier molecular flexibility index (Phi) is 6.62. The molecule has 0 bridgehead atoms. The largest absolute Gasteiger partial charge is 0.451 e. The van der Waals surface area contributed by atoms with Crippen molar-refractivity contribution in [1.29, 1.82) is 5.26 Å². The van der Waals surface area contributed by atoms with Gasteiger partial charge in [0.1, 0.15) is 10.3 Å². The molecule has 0 atom stereocenters. The highest BCUT2D eigenvalue weighted by atomic mass is 32.2. The predicted molar refractivity (Wildman–Crippen MR) is 100.0 cm³/mol. The van der Waals surface area contributed by atoms with Crippen molar-refractivity contribution in [2.45, 2.75) is 32.1 Å². The number of hydrogen-bond acceptors (Lipinski definition) is 6. The highest BCUT2D eigenvalue weighted by Gasteiger charge is 2.15. The number of ether oxygens (including phenoxy) is 1. The van der Waals surface area contributed by atoms with Gasteiger partial charge < -0.3 is 10.1 Å². The lowest BCUT2D eigenvalue weighted by molar-refractivity contribution is -0.119.